The van der Waals surface area contributed by atoms with Crippen molar-refractivity contribution in [2.45, 2.75) is 39.2 Å². The minimum atomic E-state index is -0.687. The third-order valence-corrected chi connectivity index (χ3v) is 6.55. The molecule has 1 amide bonds. The molecule has 1 aliphatic rings. The van der Waals surface area contributed by atoms with E-state index < -0.39 is 17.7 Å². The molecule has 3 rings (SSSR count). The molecule has 1 aromatic heterocycles. The Morgan fingerprint density at radius 2 is 2.00 bits per heavy atom. The molecule has 1 fully saturated rings. The number of thiophene rings is 1. The lowest BCUT2D eigenvalue weighted by molar-refractivity contribution is -0.858. The number of rotatable bonds is 10. The maximum Gasteiger partial charge on any atom is 0.295 e. The van der Waals surface area contributed by atoms with E-state index in [1.54, 1.807) is 17.0 Å². The van der Waals surface area contributed by atoms with Crippen LogP contribution in [0.2, 0.25) is 0 Å². The van der Waals surface area contributed by atoms with Crippen LogP contribution in [0.3, 0.4) is 0 Å². The van der Waals surface area contributed by atoms with Gasteiger partial charge in [0.05, 0.1) is 33.3 Å². The summed E-state index contributed by atoms with van der Waals surface area (Å²) in [7, 11) is 4.10. The lowest BCUT2D eigenvalue weighted by Gasteiger charge is -2.27. The maximum absolute atomic E-state index is 13.6. The van der Waals surface area contributed by atoms with Gasteiger partial charge in [0.15, 0.2) is 0 Å². The molecule has 0 spiro atoms. The van der Waals surface area contributed by atoms with E-state index in [-0.39, 0.29) is 11.3 Å². The van der Waals surface area contributed by atoms with Crippen LogP contribution in [0.25, 0.3) is 5.76 Å². The number of aryl methyl sites for hydroxylation is 1. The molecule has 0 bridgehead atoms. The van der Waals surface area contributed by atoms with Gasteiger partial charge in [-0.15, -0.1) is 11.3 Å². The monoisotopic (exact) mass is 456 g/mol. The van der Waals surface area contributed by atoms with E-state index in [2.05, 4.69) is 6.92 Å². The Morgan fingerprint density at radius 3 is 2.62 bits per heavy atom. The van der Waals surface area contributed by atoms with E-state index in [0.29, 0.717) is 24.5 Å². The second-order valence-electron chi connectivity index (χ2n) is 8.48. The Balaban J connectivity index is 1.97. The molecule has 2 aromatic rings. The number of amides is 1. The molecule has 1 unspecified atom stereocenters. The van der Waals surface area contributed by atoms with Crippen LogP contribution in [-0.2, 0) is 9.59 Å². The second-order valence-corrected chi connectivity index (χ2v) is 9.46. The minimum Gasteiger partial charge on any atom is -0.872 e. The molecule has 0 radical (unpaired) electrons. The van der Waals surface area contributed by atoms with Crippen molar-refractivity contribution in [1.82, 2.24) is 4.90 Å². The lowest BCUT2D eigenvalue weighted by atomic mass is 9.97. The summed E-state index contributed by atoms with van der Waals surface area (Å²) in [4.78, 5) is 29.6. The van der Waals surface area contributed by atoms with Crippen LogP contribution in [-0.4, -0.2) is 50.4 Å². The van der Waals surface area contributed by atoms with Crippen LogP contribution < -0.4 is 14.7 Å². The number of benzene rings is 1. The third kappa shape index (κ3) is 5.22. The van der Waals surface area contributed by atoms with Crippen molar-refractivity contribution >= 4 is 28.8 Å². The van der Waals surface area contributed by atoms with Crippen LogP contribution in [0, 0.1) is 6.92 Å². The van der Waals surface area contributed by atoms with Crippen molar-refractivity contribution < 1.29 is 24.3 Å². The fraction of sp³-hybridized carbons (Fsp3) is 0.440. The highest BCUT2D eigenvalue weighted by atomic mass is 32.1. The topological polar surface area (TPSA) is 74.1 Å². The summed E-state index contributed by atoms with van der Waals surface area (Å²) in [6.07, 6.45) is 2.76. The maximum atomic E-state index is 13.6. The molecular weight excluding hydrogens is 424 g/mol. The summed E-state index contributed by atoms with van der Waals surface area (Å²) in [5, 5.41) is 15.5. The highest BCUT2D eigenvalue weighted by Crippen LogP contribution is 2.41. The summed E-state index contributed by atoms with van der Waals surface area (Å²) in [5.74, 6) is -0.944. The summed E-state index contributed by atoms with van der Waals surface area (Å²) >= 11 is 1.46. The number of likely N-dealkylation sites (tertiary alicyclic amines) is 1. The van der Waals surface area contributed by atoms with Gasteiger partial charge in [-0.3, -0.25) is 9.59 Å². The normalized spacial score (nSPS) is 18.0. The number of nitrogens with zero attached hydrogens (tertiary/aromatic N) is 1. The van der Waals surface area contributed by atoms with Gasteiger partial charge in [0.2, 0.25) is 5.78 Å². The first kappa shape index (κ1) is 24.0. The van der Waals surface area contributed by atoms with Crippen molar-refractivity contribution in [2.24, 2.45) is 0 Å². The number of ether oxygens (including phenoxy) is 1. The van der Waals surface area contributed by atoms with Gasteiger partial charge in [0.1, 0.15) is 5.75 Å². The molecule has 1 N–H and O–H groups in total. The zero-order chi connectivity index (χ0) is 23.3. The van der Waals surface area contributed by atoms with E-state index in [1.807, 2.05) is 44.6 Å². The standard InChI is InChI=1S/C25H32N2O4S/c1-5-6-14-31-18-10-11-19(17(2)16-18)23(28)21-22(20-9-7-15-32-20)27(25(30)24(21)29)13-8-12-26(3)4/h7,9-11,15-16,22,28H,5-6,8,12-14H2,1-4H3. The predicted molar refractivity (Wildman–Crippen MR) is 125 cm³/mol. The van der Waals surface area contributed by atoms with E-state index in [4.69, 9.17) is 4.74 Å². The van der Waals surface area contributed by atoms with E-state index in [0.717, 1.165) is 36.2 Å². The van der Waals surface area contributed by atoms with Crippen molar-refractivity contribution in [3.05, 3.63) is 57.3 Å². The van der Waals surface area contributed by atoms with Gasteiger partial charge in [-0.05, 0) is 48.1 Å². The predicted octanol–water partition coefficient (Wildman–Crippen LogP) is 1.99. The number of hydrogen-bond acceptors (Lipinski definition) is 5. The summed E-state index contributed by atoms with van der Waals surface area (Å²) in [5.41, 5.74) is 1.22. The quantitative estimate of drug-likeness (QED) is 0.257. The molecule has 7 heteroatoms. The van der Waals surface area contributed by atoms with Crippen molar-refractivity contribution in [3.8, 4) is 5.75 Å². The van der Waals surface area contributed by atoms with Crippen molar-refractivity contribution in [1.29, 1.82) is 0 Å². The average molecular weight is 457 g/mol. The zero-order valence-electron chi connectivity index (χ0n) is 19.3. The molecule has 0 aliphatic carbocycles. The molecule has 1 atom stereocenters. The molecule has 2 heterocycles. The van der Waals surface area contributed by atoms with E-state index >= 15 is 0 Å². The van der Waals surface area contributed by atoms with Gasteiger partial charge in [0.25, 0.3) is 5.91 Å². The number of ketones is 1. The Bertz CT molecular complexity index is 982. The summed E-state index contributed by atoms with van der Waals surface area (Å²) < 4.78 is 5.74. The van der Waals surface area contributed by atoms with Gasteiger partial charge in [-0.2, -0.15) is 0 Å². The number of carbonyl (C=O) groups is 2. The third-order valence-electron chi connectivity index (χ3n) is 5.63. The van der Waals surface area contributed by atoms with Gasteiger partial charge in [0, 0.05) is 23.4 Å². The first-order valence-electron chi connectivity index (χ1n) is 11.2. The van der Waals surface area contributed by atoms with Crippen LogP contribution in [0.15, 0.2) is 41.3 Å². The summed E-state index contributed by atoms with van der Waals surface area (Å²) in [6.45, 7) is 5.87. The first-order valence-corrected chi connectivity index (χ1v) is 12.1. The molecule has 1 saturated heterocycles. The molecule has 6 nitrogen and oxygen atoms in total. The average Bonchev–Trinajstić information content (AvgIpc) is 3.36. The molecule has 32 heavy (non-hydrogen) atoms. The van der Waals surface area contributed by atoms with Crippen LogP contribution >= 0.6 is 11.3 Å². The number of quaternary nitrogens is 1. The summed E-state index contributed by atoms with van der Waals surface area (Å²) in [6, 6.07) is 8.42. The number of nitrogens with one attached hydrogen (secondary N) is 1. The Morgan fingerprint density at radius 1 is 1.22 bits per heavy atom. The molecule has 1 aromatic carbocycles. The number of unbranched alkanes of at least 4 members (excludes halogenated alkanes) is 1. The SMILES string of the molecule is CCCCOc1ccc(C([O-])=C2C(=O)C(=O)N(CCC[NH+](C)C)C2c2cccs2)c(C)c1. The smallest absolute Gasteiger partial charge is 0.295 e. The minimum absolute atomic E-state index is 0.0531. The fourth-order valence-electron chi connectivity index (χ4n) is 3.91. The zero-order valence-corrected chi connectivity index (χ0v) is 20.1. The molecule has 172 valence electrons. The highest BCUT2D eigenvalue weighted by molar-refractivity contribution is 7.10. The van der Waals surface area contributed by atoms with Gasteiger partial charge in [-0.1, -0.05) is 31.2 Å². The van der Waals surface area contributed by atoms with E-state index in [1.165, 1.54) is 16.2 Å². The van der Waals surface area contributed by atoms with Crippen LogP contribution in [0.1, 0.15) is 48.2 Å². The van der Waals surface area contributed by atoms with E-state index in [9.17, 15) is 14.7 Å². The highest BCUT2D eigenvalue weighted by Gasteiger charge is 2.44. The van der Waals surface area contributed by atoms with Gasteiger partial charge < -0.3 is 19.6 Å². The molecule has 1 aliphatic heterocycles. The second kappa shape index (κ2) is 10.8. The number of carbonyl (C=O) groups excluding carboxylic acids is 2. The van der Waals surface area contributed by atoms with Crippen LogP contribution in [0.4, 0.5) is 0 Å². The Labute approximate surface area is 194 Å². The number of hydrogen-bond donors (Lipinski definition) is 1. The molecular formula is C25H32N2O4S. The molecule has 0 saturated carbocycles. The van der Waals surface area contributed by atoms with Crippen molar-refractivity contribution in [3.63, 3.8) is 0 Å². The van der Waals surface area contributed by atoms with Gasteiger partial charge >= 0.3 is 0 Å². The van der Waals surface area contributed by atoms with Crippen molar-refractivity contribution in [2.75, 3.05) is 33.8 Å². The lowest BCUT2D eigenvalue weighted by Crippen LogP contribution is -3.05. The Kier molecular flexibility index (Phi) is 8.10. The van der Waals surface area contributed by atoms with Crippen LogP contribution in [0.5, 0.6) is 5.75 Å². The fourth-order valence-corrected chi connectivity index (χ4v) is 4.75. The first-order chi connectivity index (χ1) is 15.3. The largest absolute Gasteiger partial charge is 0.872 e. The number of Topliss-reactive ketones (excluding diaryl/α,β-unsaturated/α-hetero) is 1. The Hall–Kier alpha value is -2.64. The van der Waals surface area contributed by atoms with Gasteiger partial charge in [-0.25, -0.2) is 0 Å².